The van der Waals surface area contributed by atoms with Crippen molar-refractivity contribution in [3.63, 3.8) is 0 Å². The average molecular weight is 299 g/mol. The summed E-state index contributed by atoms with van der Waals surface area (Å²) in [5.41, 5.74) is 0. The minimum absolute atomic E-state index is 0.790. The van der Waals surface area contributed by atoms with Crippen LogP contribution in [0.2, 0.25) is 0 Å². The third-order valence-electron chi connectivity index (χ3n) is 4.57. The van der Waals surface area contributed by atoms with Crippen LogP contribution in [0, 0.1) is 11.8 Å². The number of piperidine rings is 1. The van der Waals surface area contributed by atoms with E-state index in [1.54, 1.807) is 0 Å². The van der Waals surface area contributed by atoms with Gasteiger partial charge in [-0.3, -0.25) is 0 Å². The predicted octanol–water partition coefficient (Wildman–Crippen LogP) is 4.89. The summed E-state index contributed by atoms with van der Waals surface area (Å²) in [6, 6.07) is 0.790. The van der Waals surface area contributed by atoms with Crippen LogP contribution >= 0.6 is 0 Å². The first-order valence-corrected chi connectivity index (χ1v) is 9.59. The number of rotatable bonds is 1. The smallest absolute Gasteiger partial charge is 0.00388 e. The molecule has 2 heteroatoms. The van der Waals surface area contributed by atoms with Crippen LogP contribution in [0.25, 0.3) is 0 Å². The molecule has 0 aromatic heterocycles. The Labute approximate surface area is 135 Å². The fraction of sp³-hybridized carbons (Fsp3) is 1.00. The summed E-state index contributed by atoms with van der Waals surface area (Å²) in [7, 11) is 2.21. The summed E-state index contributed by atoms with van der Waals surface area (Å²) in [5.74, 6) is 2.21. The molecule has 0 amide bonds. The molecular formula is C19H42N2. The second-order valence-corrected chi connectivity index (χ2v) is 6.52. The third kappa shape index (κ3) is 8.83. The van der Waals surface area contributed by atoms with Crippen LogP contribution < -0.4 is 0 Å². The molecule has 21 heavy (non-hydrogen) atoms. The standard InChI is InChI=1S/C8H15N.C7H15N.2C2H6/c1-6(2)9-4-7-3-8(7)5-9;1-8-6-4-2-3-5-7-8;2*1-2/h6-8H,3-5H2,1-2H3;2-7H2,1H3;2*1-2H3. The van der Waals surface area contributed by atoms with Crippen molar-refractivity contribution < 1.29 is 0 Å². The Morgan fingerprint density at radius 1 is 0.762 bits per heavy atom. The van der Waals surface area contributed by atoms with Gasteiger partial charge in [-0.1, -0.05) is 40.5 Å². The van der Waals surface area contributed by atoms with Gasteiger partial charge in [-0.15, -0.1) is 0 Å². The van der Waals surface area contributed by atoms with E-state index in [0.29, 0.717) is 0 Å². The minimum Gasteiger partial charge on any atom is -0.306 e. The lowest BCUT2D eigenvalue weighted by Crippen LogP contribution is -2.29. The van der Waals surface area contributed by atoms with E-state index in [-0.39, 0.29) is 0 Å². The van der Waals surface area contributed by atoms with Crippen LogP contribution in [0.5, 0.6) is 0 Å². The topological polar surface area (TPSA) is 6.48 Å². The molecule has 3 fully saturated rings. The van der Waals surface area contributed by atoms with Crippen LogP contribution in [0.4, 0.5) is 0 Å². The Kier molecular flexibility index (Phi) is 12.4. The van der Waals surface area contributed by atoms with E-state index in [4.69, 9.17) is 0 Å². The van der Waals surface area contributed by atoms with Crippen molar-refractivity contribution >= 4 is 0 Å². The maximum atomic E-state index is 2.60. The summed E-state index contributed by atoms with van der Waals surface area (Å²) in [6.45, 7) is 18.0. The molecule has 2 unspecified atom stereocenters. The quantitative estimate of drug-likeness (QED) is 0.680. The van der Waals surface area contributed by atoms with Crippen LogP contribution in [-0.2, 0) is 0 Å². The minimum atomic E-state index is 0.790. The summed E-state index contributed by atoms with van der Waals surface area (Å²) >= 11 is 0. The number of likely N-dealkylation sites (tertiary alicyclic amines) is 2. The van der Waals surface area contributed by atoms with Gasteiger partial charge >= 0.3 is 0 Å². The average Bonchev–Trinajstić information content (AvgIpc) is 3.20. The molecule has 0 radical (unpaired) electrons. The van der Waals surface area contributed by atoms with Crippen LogP contribution in [0.1, 0.15) is 73.6 Å². The van der Waals surface area contributed by atoms with E-state index in [9.17, 15) is 0 Å². The lowest BCUT2D eigenvalue weighted by atomic mass is 10.2. The van der Waals surface area contributed by atoms with Gasteiger partial charge in [0, 0.05) is 19.1 Å². The van der Waals surface area contributed by atoms with Gasteiger partial charge in [0.2, 0.25) is 0 Å². The predicted molar refractivity (Wildman–Crippen MR) is 97.0 cm³/mol. The van der Waals surface area contributed by atoms with E-state index in [1.807, 2.05) is 27.7 Å². The molecular weight excluding hydrogens is 256 g/mol. The molecule has 0 spiro atoms. The lowest BCUT2D eigenvalue weighted by Gasteiger charge is -2.21. The molecule has 2 saturated heterocycles. The highest BCUT2D eigenvalue weighted by atomic mass is 15.2. The Morgan fingerprint density at radius 2 is 1.19 bits per heavy atom. The zero-order valence-corrected chi connectivity index (χ0v) is 16.0. The van der Waals surface area contributed by atoms with Gasteiger partial charge in [-0.25, -0.2) is 0 Å². The van der Waals surface area contributed by atoms with Crippen molar-refractivity contribution in [2.75, 3.05) is 33.2 Å². The summed E-state index contributed by atoms with van der Waals surface area (Å²) in [4.78, 5) is 5.02. The highest BCUT2D eigenvalue weighted by Gasteiger charge is 2.45. The largest absolute Gasteiger partial charge is 0.306 e. The fourth-order valence-corrected chi connectivity index (χ4v) is 3.08. The van der Waals surface area contributed by atoms with Crippen molar-refractivity contribution in [1.82, 2.24) is 9.80 Å². The van der Waals surface area contributed by atoms with Gasteiger partial charge in [0.25, 0.3) is 0 Å². The van der Waals surface area contributed by atoms with Gasteiger partial charge in [-0.05, 0) is 65.1 Å². The molecule has 0 aromatic carbocycles. The second-order valence-electron chi connectivity index (χ2n) is 6.52. The van der Waals surface area contributed by atoms with Crippen LogP contribution in [0.15, 0.2) is 0 Å². The van der Waals surface area contributed by atoms with Crippen molar-refractivity contribution in [3.8, 4) is 0 Å². The molecule has 2 nitrogen and oxygen atoms in total. The maximum absolute atomic E-state index is 2.60. The summed E-state index contributed by atoms with van der Waals surface area (Å²) in [6.07, 6.45) is 7.25. The molecule has 1 saturated carbocycles. The highest BCUT2D eigenvalue weighted by molar-refractivity contribution is 4.97. The normalized spacial score (nSPS) is 28.0. The van der Waals surface area contributed by atoms with Gasteiger partial charge in [-0.2, -0.15) is 0 Å². The van der Waals surface area contributed by atoms with E-state index in [0.717, 1.165) is 17.9 Å². The zero-order valence-electron chi connectivity index (χ0n) is 16.0. The van der Waals surface area contributed by atoms with E-state index < -0.39 is 0 Å². The second kappa shape index (κ2) is 12.5. The van der Waals surface area contributed by atoms with Crippen molar-refractivity contribution in [2.24, 2.45) is 11.8 Å². The molecule has 3 aliphatic rings. The van der Waals surface area contributed by atoms with Crippen molar-refractivity contribution in [3.05, 3.63) is 0 Å². The van der Waals surface area contributed by atoms with Gasteiger partial charge in [0.1, 0.15) is 0 Å². The van der Waals surface area contributed by atoms with Crippen LogP contribution in [-0.4, -0.2) is 49.1 Å². The Hall–Kier alpha value is -0.0800. The van der Waals surface area contributed by atoms with Crippen molar-refractivity contribution in [2.45, 2.75) is 79.7 Å². The molecule has 1 aliphatic carbocycles. The molecule has 0 bridgehead atoms. The number of nitrogens with zero attached hydrogens (tertiary/aromatic N) is 2. The third-order valence-corrected chi connectivity index (χ3v) is 4.57. The molecule has 2 heterocycles. The monoisotopic (exact) mass is 298 g/mol. The molecule has 2 aliphatic heterocycles. The Bertz CT molecular complexity index is 210. The van der Waals surface area contributed by atoms with Crippen LogP contribution in [0.3, 0.4) is 0 Å². The van der Waals surface area contributed by atoms with Gasteiger partial charge < -0.3 is 9.80 Å². The summed E-state index contributed by atoms with van der Waals surface area (Å²) < 4.78 is 0. The molecule has 0 N–H and O–H groups in total. The van der Waals surface area contributed by atoms with Gasteiger partial charge in [0.05, 0.1) is 0 Å². The molecule has 0 aromatic rings. The lowest BCUT2D eigenvalue weighted by molar-refractivity contribution is 0.248. The summed E-state index contributed by atoms with van der Waals surface area (Å²) in [5, 5.41) is 0. The fourth-order valence-electron chi connectivity index (χ4n) is 3.08. The Balaban J connectivity index is 0.000000311. The maximum Gasteiger partial charge on any atom is 0.00388 e. The molecule has 3 rings (SSSR count). The molecule has 128 valence electrons. The van der Waals surface area contributed by atoms with E-state index in [2.05, 4.69) is 30.7 Å². The zero-order chi connectivity index (χ0) is 16.3. The van der Waals surface area contributed by atoms with Gasteiger partial charge in [0.15, 0.2) is 0 Å². The first kappa shape index (κ1) is 20.9. The Morgan fingerprint density at radius 3 is 1.52 bits per heavy atom. The van der Waals surface area contributed by atoms with E-state index in [1.165, 1.54) is 58.3 Å². The number of hydrogen-bond acceptors (Lipinski definition) is 2. The molecule has 2 atom stereocenters. The first-order chi connectivity index (χ1) is 10.2. The van der Waals surface area contributed by atoms with E-state index >= 15 is 0 Å². The number of hydrogen-bond donors (Lipinski definition) is 0. The highest BCUT2D eigenvalue weighted by Crippen LogP contribution is 2.45. The number of fused-ring (bicyclic) bond motifs is 1. The SMILES string of the molecule is CC.CC.CC(C)N1CC2CC2C1.CN1CCCCCC1. The first-order valence-electron chi connectivity index (χ1n) is 9.59. The van der Waals surface area contributed by atoms with Crippen molar-refractivity contribution in [1.29, 1.82) is 0 Å².